The Morgan fingerprint density at radius 1 is 1.25 bits per heavy atom. The number of aryl methyl sites for hydroxylation is 2. The number of nitrogens with zero attached hydrogens (tertiary/aromatic N) is 2. The van der Waals surface area contributed by atoms with Gasteiger partial charge in [-0.25, -0.2) is 0 Å². The molecule has 0 amide bonds. The average Bonchev–Trinajstić information content (AvgIpc) is 2.75. The SMILES string of the molecule is CCN1CCn2c3c(c4cc(C)ccc42)CCCC31.Cl. The summed E-state index contributed by atoms with van der Waals surface area (Å²) in [6.07, 6.45) is 3.97. The van der Waals surface area contributed by atoms with E-state index in [0.29, 0.717) is 6.04 Å². The molecule has 2 aliphatic rings. The number of hydrogen-bond donors (Lipinski definition) is 0. The smallest absolute Gasteiger partial charge is 0.0504 e. The maximum Gasteiger partial charge on any atom is 0.0504 e. The molecule has 2 nitrogen and oxygen atoms in total. The van der Waals surface area contributed by atoms with Crippen LogP contribution in [0.4, 0.5) is 0 Å². The van der Waals surface area contributed by atoms with Gasteiger partial charge in [0.15, 0.2) is 0 Å². The number of rotatable bonds is 1. The third-order valence-corrected chi connectivity index (χ3v) is 5.05. The van der Waals surface area contributed by atoms with Crippen LogP contribution in [-0.4, -0.2) is 22.6 Å². The molecule has 4 rings (SSSR count). The summed E-state index contributed by atoms with van der Waals surface area (Å²) in [7, 11) is 0. The zero-order chi connectivity index (χ0) is 13.0. The number of aromatic nitrogens is 1. The predicted octanol–water partition coefficient (Wildman–Crippen LogP) is 4.08. The molecule has 2 aromatic rings. The molecule has 1 aromatic carbocycles. The highest BCUT2D eigenvalue weighted by molar-refractivity contribution is 5.87. The van der Waals surface area contributed by atoms with E-state index in [0.717, 1.165) is 0 Å². The molecule has 0 bridgehead atoms. The first-order valence-corrected chi connectivity index (χ1v) is 7.65. The standard InChI is InChI=1S/C17H22N2.ClH/c1-3-18-9-10-19-15-8-7-12(2)11-14(15)13-5-4-6-16(18)17(13)19;/h7-8,11,16H,3-6,9-10H2,1-2H3;1H. The molecule has 0 fully saturated rings. The highest BCUT2D eigenvalue weighted by atomic mass is 35.5. The summed E-state index contributed by atoms with van der Waals surface area (Å²) in [6, 6.07) is 7.67. The van der Waals surface area contributed by atoms with Gasteiger partial charge in [0.05, 0.1) is 6.04 Å². The van der Waals surface area contributed by atoms with Crippen LogP contribution in [-0.2, 0) is 13.0 Å². The van der Waals surface area contributed by atoms with Gasteiger partial charge in [0.25, 0.3) is 0 Å². The lowest BCUT2D eigenvalue weighted by molar-refractivity contribution is 0.149. The van der Waals surface area contributed by atoms with Crippen molar-refractivity contribution in [3.63, 3.8) is 0 Å². The molecule has 3 heteroatoms. The Balaban J connectivity index is 0.00000121. The Kier molecular flexibility index (Phi) is 3.55. The highest BCUT2D eigenvalue weighted by Gasteiger charge is 2.33. The summed E-state index contributed by atoms with van der Waals surface area (Å²) < 4.78 is 2.61. The molecular formula is C17H23ClN2. The van der Waals surface area contributed by atoms with Crippen molar-refractivity contribution in [1.29, 1.82) is 0 Å². The van der Waals surface area contributed by atoms with Gasteiger partial charge in [-0.15, -0.1) is 12.4 Å². The van der Waals surface area contributed by atoms with Crippen LogP contribution in [0.1, 0.15) is 42.6 Å². The fourth-order valence-electron chi connectivity index (χ4n) is 4.17. The fourth-order valence-corrected chi connectivity index (χ4v) is 4.17. The maximum atomic E-state index is 2.67. The molecule has 1 aliphatic heterocycles. The van der Waals surface area contributed by atoms with Gasteiger partial charge in [0.1, 0.15) is 0 Å². The number of likely N-dealkylation sites (N-methyl/N-ethyl adjacent to an activating group) is 1. The monoisotopic (exact) mass is 290 g/mol. The lowest BCUT2D eigenvalue weighted by Crippen LogP contribution is -2.39. The van der Waals surface area contributed by atoms with Gasteiger partial charge in [-0.3, -0.25) is 4.90 Å². The average molecular weight is 291 g/mol. The Labute approximate surface area is 127 Å². The molecule has 0 saturated carbocycles. The molecule has 1 atom stereocenters. The molecule has 1 aromatic heterocycles. The van der Waals surface area contributed by atoms with Crippen LogP contribution in [0.25, 0.3) is 10.9 Å². The van der Waals surface area contributed by atoms with Crippen LogP contribution in [0.5, 0.6) is 0 Å². The summed E-state index contributed by atoms with van der Waals surface area (Å²) in [4.78, 5) is 2.67. The minimum Gasteiger partial charge on any atom is -0.342 e. The summed E-state index contributed by atoms with van der Waals surface area (Å²) in [5, 5.41) is 1.53. The lowest BCUT2D eigenvalue weighted by atomic mass is 9.89. The minimum absolute atomic E-state index is 0. The van der Waals surface area contributed by atoms with Crippen molar-refractivity contribution in [3.05, 3.63) is 35.0 Å². The van der Waals surface area contributed by atoms with Gasteiger partial charge in [-0.1, -0.05) is 18.6 Å². The summed E-state index contributed by atoms with van der Waals surface area (Å²) in [5.41, 5.74) is 6.15. The van der Waals surface area contributed by atoms with Gasteiger partial charge in [-0.2, -0.15) is 0 Å². The minimum atomic E-state index is 0. The van der Waals surface area contributed by atoms with E-state index in [-0.39, 0.29) is 12.4 Å². The topological polar surface area (TPSA) is 8.17 Å². The maximum absolute atomic E-state index is 2.67. The van der Waals surface area contributed by atoms with E-state index < -0.39 is 0 Å². The first-order chi connectivity index (χ1) is 9.29. The number of benzene rings is 1. The second-order valence-electron chi connectivity index (χ2n) is 6.07. The second-order valence-corrected chi connectivity index (χ2v) is 6.07. The van der Waals surface area contributed by atoms with E-state index >= 15 is 0 Å². The number of halogens is 1. The van der Waals surface area contributed by atoms with E-state index in [2.05, 4.69) is 41.5 Å². The van der Waals surface area contributed by atoms with Crippen molar-refractivity contribution in [1.82, 2.24) is 9.47 Å². The normalized spacial score (nSPS) is 21.6. The van der Waals surface area contributed by atoms with Crippen LogP contribution < -0.4 is 0 Å². The Hall–Kier alpha value is -0.990. The second kappa shape index (κ2) is 5.09. The van der Waals surface area contributed by atoms with Crippen molar-refractivity contribution in [2.75, 3.05) is 13.1 Å². The molecule has 2 heterocycles. The highest BCUT2D eigenvalue weighted by Crippen LogP contribution is 2.42. The summed E-state index contributed by atoms with van der Waals surface area (Å²) in [6.45, 7) is 8.08. The van der Waals surface area contributed by atoms with Crippen molar-refractivity contribution in [3.8, 4) is 0 Å². The van der Waals surface area contributed by atoms with Crippen molar-refractivity contribution >= 4 is 23.3 Å². The van der Waals surface area contributed by atoms with E-state index in [4.69, 9.17) is 0 Å². The molecule has 0 saturated heterocycles. The van der Waals surface area contributed by atoms with E-state index in [1.807, 2.05) is 0 Å². The van der Waals surface area contributed by atoms with Crippen LogP contribution in [0.3, 0.4) is 0 Å². The molecule has 1 aliphatic carbocycles. The van der Waals surface area contributed by atoms with Gasteiger partial charge < -0.3 is 4.57 Å². The third kappa shape index (κ3) is 1.82. The molecule has 1 unspecified atom stereocenters. The Morgan fingerprint density at radius 2 is 2.10 bits per heavy atom. The number of hydrogen-bond acceptors (Lipinski definition) is 1. The quantitative estimate of drug-likeness (QED) is 0.768. The molecule has 0 N–H and O–H groups in total. The van der Waals surface area contributed by atoms with Crippen molar-refractivity contribution in [2.24, 2.45) is 0 Å². The van der Waals surface area contributed by atoms with Crippen LogP contribution >= 0.6 is 12.4 Å². The first-order valence-electron chi connectivity index (χ1n) is 7.65. The Morgan fingerprint density at radius 3 is 2.90 bits per heavy atom. The van der Waals surface area contributed by atoms with E-state index in [9.17, 15) is 0 Å². The number of fused-ring (bicyclic) bond motifs is 3. The summed E-state index contributed by atoms with van der Waals surface area (Å²) >= 11 is 0. The molecular weight excluding hydrogens is 268 g/mol. The van der Waals surface area contributed by atoms with Crippen LogP contribution in [0.2, 0.25) is 0 Å². The Bertz CT molecular complexity index is 644. The third-order valence-electron chi connectivity index (χ3n) is 5.05. The molecule has 0 spiro atoms. The van der Waals surface area contributed by atoms with Crippen LogP contribution in [0.15, 0.2) is 18.2 Å². The largest absolute Gasteiger partial charge is 0.342 e. The lowest BCUT2D eigenvalue weighted by Gasteiger charge is -2.39. The van der Waals surface area contributed by atoms with Gasteiger partial charge in [-0.05, 0) is 50.4 Å². The van der Waals surface area contributed by atoms with Gasteiger partial charge >= 0.3 is 0 Å². The van der Waals surface area contributed by atoms with Gasteiger partial charge in [0, 0.05) is 29.7 Å². The fraction of sp³-hybridized carbons (Fsp3) is 0.529. The first kappa shape index (κ1) is 14.0. The molecule has 0 radical (unpaired) electrons. The zero-order valence-electron chi connectivity index (χ0n) is 12.4. The predicted molar refractivity (Wildman–Crippen MR) is 86.8 cm³/mol. The van der Waals surface area contributed by atoms with Gasteiger partial charge in [0.2, 0.25) is 0 Å². The molecule has 108 valence electrons. The van der Waals surface area contributed by atoms with E-state index in [1.165, 1.54) is 55.4 Å². The van der Waals surface area contributed by atoms with E-state index in [1.54, 1.807) is 11.3 Å². The summed E-state index contributed by atoms with van der Waals surface area (Å²) in [5.74, 6) is 0. The van der Waals surface area contributed by atoms with Crippen molar-refractivity contribution < 1.29 is 0 Å². The molecule has 20 heavy (non-hydrogen) atoms. The zero-order valence-corrected chi connectivity index (χ0v) is 13.2. The van der Waals surface area contributed by atoms with Crippen LogP contribution in [0, 0.1) is 6.92 Å². The van der Waals surface area contributed by atoms with Crippen molar-refractivity contribution in [2.45, 2.75) is 45.7 Å².